The van der Waals surface area contributed by atoms with Crippen LogP contribution in [0.2, 0.25) is 0 Å². The fourth-order valence-electron chi connectivity index (χ4n) is 2.16. The van der Waals surface area contributed by atoms with Crippen molar-refractivity contribution in [2.75, 3.05) is 6.61 Å². The lowest BCUT2D eigenvalue weighted by Gasteiger charge is -2.16. The van der Waals surface area contributed by atoms with Gasteiger partial charge < -0.3 is 9.84 Å². The third kappa shape index (κ3) is 2.07. The minimum atomic E-state index is 0.152. The van der Waals surface area contributed by atoms with Crippen molar-refractivity contribution in [1.82, 2.24) is 10.3 Å². The lowest BCUT2D eigenvalue weighted by atomic mass is 10.1. The van der Waals surface area contributed by atoms with E-state index in [1.807, 2.05) is 17.6 Å². The number of benzene rings is 1. The maximum Gasteiger partial charge on any atom is 0.127 e. The Hall–Kier alpha value is -1.59. The first-order valence-electron chi connectivity index (χ1n) is 5.85. The highest BCUT2D eigenvalue weighted by atomic mass is 32.1. The molecule has 2 heterocycles. The van der Waals surface area contributed by atoms with Crippen LogP contribution < -0.4 is 10.1 Å². The molecule has 2 N–H and O–H groups in total. The summed E-state index contributed by atoms with van der Waals surface area (Å²) < 4.78 is 5.57. The summed E-state index contributed by atoms with van der Waals surface area (Å²) in [4.78, 5) is 4.30. The molecule has 3 rings (SSSR count). The Morgan fingerprint density at radius 2 is 2.44 bits per heavy atom. The summed E-state index contributed by atoms with van der Waals surface area (Å²) in [6, 6.07) is 5.60. The molecule has 0 fully saturated rings. The third-order valence-corrected chi connectivity index (χ3v) is 4.01. The van der Waals surface area contributed by atoms with Crippen molar-refractivity contribution in [3.63, 3.8) is 0 Å². The fourth-order valence-corrected chi connectivity index (χ4v) is 2.81. The first kappa shape index (κ1) is 11.5. The Morgan fingerprint density at radius 3 is 3.22 bits per heavy atom. The first-order valence-corrected chi connectivity index (χ1v) is 6.73. The van der Waals surface area contributed by atoms with Gasteiger partial charge in [0, 0.05) is 23.2 Å². The molecule has 0 spiro atoms. The second-order valence-corrected chi connectivity index (χ2v) is 5.27. The predicted molar refractivity (Wildman–Crippen MR) is 70.0 cm³/mol. The molecule has 0 amide bonds. The van der Waals surface area contributed by atoms with E-state index >= 15 is 0 Å². The van der Waals surface area contributed by atoms with Gasteiger partial charge in [0.1, 0.15) is 23.1 Å². The number of aromatic nitrogens is 1. The maximum absolute atomic E-state index is 9.41. The quantitative estimate of drug-likeness (QED) is 0.893. The Balaban J connectivity index is 1.77. The van der Waals surface area contributed by atoms with Crippen LogP contribution in [0.25, 0.3) is 0 Å². The van der Waals surface area contributed by atoms with Gasteiger partial charge in [-0.1, -0.05) is 0 Å². The van der Waals surface area contributed by atoms with Gasteiger partial charge in [0.05, 0.1) is 12.1 Å². The number of ether oxygens (including phenoxy) is 1. The third-order valence-electron chi connectivity index (χ3n) is 3.05. The molecule has 94 valence electrons. The molecule has 1 aliphatic heterocycles. The molecular weight excluding hydrogens is 248 g/mol. The number of hydrogen-bond donors (Lipinski definition) is 2. The van der Waals surface area contributed by atoms with E-state index in [2.05, 4.69) is 17.2 Å². The summed E-state index contributed by atoms with van der Waals surface area (Å²) >= 11 is 1.64. The molecule has 1 aromatic carbocycles. The van der Waals surface area contributed by atoms with Crippen LogP contribution in [0.4, 0.5) is 0 Å². The van der Waals surface area contributed by atoms with Gasteiger partial charge >= 0.3 is 0 Å². The Kier molecular flexibility index (Phi) is 2.93. The molecule has 0 aliphatic carbocycles. The van der Waals surface area contributed by atoms with E-state index in [4.69, 9.17) is 4.74 Å². The van der Waals surface area contributed by atoms with Crippen molar-refractivity contribution in [3.8, 4) is 11.5 Å². The molecule has 18 heavy (non-hydrogen) atoms. The maximum atomic E-state index is 9.41. The van der Waals surface area contributed by atoms with Crippen LogP contribution in [0.1, 0.15) is 29.6 Å². The highest BCUT2D eigenvalue weighted by Gasteiger charge is 2.26. The molecule has 2 atom stereocenters. The minimum absolute atomic E-state index is 0.152. The van der Waals surface area contributed by atoms with E-state index in [9.17, 15) is 5.11 Å². The van der Waals surface area contributed by atoms with Gasteiger partial charge in [-0.2, -0.15) is 0 Å². The summed E-state index contributed by atoms with van der Waals surface area (Å²) in [6.07, 6.45) is 1.81. The van der Waals surface area contributed by atoms with Crippen molar-refractivity contribution in [2.24, 2.45) is 0 Å². The average Bonchev–Trinajstić information content (AvgIpc) is 2.98. The van der Waals surface area contributed by atoms with Crippen molar-refractivity contribution < 1.29 is 9.84 Å². The van der Waals surface area contributed by atoms with Gasteiger partial charge in [-0.15, -0.1) is 11.3 Å². The van der Waals surface area contributed by atoms with Crippen molar-refractivity contribution in [2.45, 2.75) is 19.0 Å². The van der Waals surface area contributed by atoms with Crippen molar-refractivity contribution in [1.29, 1.82) is 0 Å². The molecule has 4 nitrogen and oxygen atoms in total. The largest absolute Gasteiger partial charge is 0.508 e. The average molecular weight is 262 g/mol. The summed E-state index contributed by atoms with van der Waals surface area (Å²) in [5, 5.41) is 16.0. The number of fused-ring (bicyclic) bond motifs is 1. The van der Waals surface area contributed by atoms with Gasteiger partial charge in [0.25, 0.3) is 0 Å². The summed E-state index contributed by atoms with van der Waals surface area (Å²) in [7, 11) is 0. The van der Waals surface area contributed by atoms with Crippen LogP contribution in [0.3, 0.4) is 0 Å². The van der Waals surface area contributed by atoms with Crippen molar-refractivity contribution in [3.05, 3.63) is 40.3 Å². The fraction of sp³-hybridized carbons (Fsp3) is 0.308. The SMILES string of the molecule is CC(NC1COc2cc(O)ccc21)c1nccs1. The standard InChI is InChI=1S/C13H14N2O2S/c1-8(13-14-4-5-18-13)15-11-7-17-12-6-9(16)2-3-10(11)12/h2-6,8,11,15-16H,7H2,1H3. The van der Waals surface area contributed by atoms with Gasteiger partial charge in [0.15, 0.2) is 0 Å². The number of phenolic OH excluding ortho intramolecular Hbond substituents is 1. The molecule has 1 aromatic heterocycles. The first-order chi connectivity index (χ1) is 8.74. The molecular formula is C13H14N2O2S. The van der Waals surface area contributed by atoms with Crippen LogP contribution >= 0.6 is 11.3 Å². The van der Waals surface area contributed by atoms with E-state index in [1.54, 1.807) is 23.5 Å². The van der Waals surface area contributed by atoms with Crippen LogP contribution in [-0.4, -0.2) is 16.7 Å². The Morgan fingerprint density at radius 1 is 1.56 bits per heavy atom. The normalized spacial score (nSPS) is 19.3. The summed E-state index contributed by atoms with van der Waals surface area (Å²) in [6.45, 7) is 2.69. The summed E-state index contributed by atoms with van der Waals surface area (Å²) in [5.74, 6) is 1.00. The molecule has 0 bridgehead atoms. The number of thiazole rings is 1. The second kappa shape index (κ2) is 4.59. The van der Waals surface area contributed by atoms with E-state index in [-0.39, 0.29) is 17.8 Å². The van der Waals surface area contributed by atoms with Crippen LogP contribution in [0.15, 0.2) is 29.8 Å². The number of hydrogen-bond acceptors (Lipinski definition) is 5. The van der Waals surface area contributed by atoms with E-state index < -0.39 is 0 Å². The molecule has 0 saturated carbocycles. The van der Waals surface area contributed by atoms with Gasteiger partial charge in [-0.25, -0.2) is 4.98 Å². The zero-order chi connectivity index (χ0) is 12.5. The van der Waals surface area contributed by atoms with Crippen LogP contribution in [-0.2, 0) is 0 Å². The highest BCUT2D eigenvalue weighted by Crippen LogP contribution is 2.36. The topological polar surface area (TPSA) is 54.4 Å². The number of nitrogens with zero attached hydrogens (tertiary/aromatic N) is 1. The van der Waals surface area contributed by atoms with Gasteiger partial charge in [-0.3, -0.25) is 5.32 Å². The molecule has 0 saturated heterocycles. The smallest absolute Gasteiger partial charge is 0.127 e. The molecule has 2 aromatic rings. The minimum Gasteiger partial charge on any atom is -0.508 e. The van der Waals surface area contributed by atoms with E-state index in [0.717, 1.165) is 16.3 Å². The zero-order valence-corrected chi connectivity index (χ0v) is 10.8. The molecule has 5 heteroatoms. The number of phenols is 1. The molecule has 2 unspecified atom stereocenters. The molecule has 0 radical (unpaired) electrons. The van der Waals surface area contributed by atoms with E-state index in [1.165, 1.54) is 0 Å². The number of rotatable bonds is 3. The Bertz CT molecular complexity index is 542. The highest BCUT2D eigenvalue weighted by molar-refractivity contribution is 7.09. The predicted octanol–water partition coefficient (Wildman–Crippen LogP) is 2.63. The zero-order valence-electron chi connectivity index (χ0n) is 9.96. The van der Waals surface area contributed by atoms with E-state index in [0.29, 0.717) is 6.61 Å². The number of aromatic hydroxyl groups is 1. The Labute approximate surface area is 109 Å². The number of nitrogens with one attached hydrogen (secondary N) is 1. The van der Waals surface area contributed by atoms with Crippen LogP contribution in [0, 0.1) is 0 Å². The second-order valence-electron chi connectivity index (χ2n) is 4.34. The lowest BCUT2D eigenvalue weighted by Crippen LogP contribution is -2.25. The van der Waals surface area contributed by atoms with Gasteiger partial charge in [-0.05, 0) is 19.1 Å². The van der Waals surface area contributed by atoms with Gasteiger partial charge in [0.2, 0.25) is 0 Å². The summed E-state index contributed by atoms with van der Waals surface area (Å²) in [5.41, 5.74) is 1.09. The molecule has 1 aliphatic rings. The monoisotopic (exact) mass is 262 g/mol. The van der Waals surface area contributed by atoms with Crippen molar-refractivity contribution >= 4 is 11.3 Å². The lowest BCUT2D eigenvalue weighted by molar-refractivity contribution is 0.300. The van der Waals surface area contributed by atoms with Crippen LogP contribution in [0.5, 0.6) is 11.5 Å².